The maximum atomic E-state index is 13.0. The minimum absolute atomic E-state index is 0.120. The van der Waals surface area contributed by atoms with E-state index in [-0.39, 0.29) is 23.0 Å². The lowest BCUT2D eigenvalue weighted by Gasteiger charge is -2.35. The third kappa shape index (κ3) is 7.53. The van der Waals surface area contributed by atoms with Crippen LogP contribution in [0.1, 0.15) is 94.6 Å². The highest BCUT2D eigenvalue weighted by Crippen LogP contribution is 2.39. The van der Waals surface area contributed by atoms with Gasteiger partial charge in [0.15, 0.2) is 0 Å². The molecule has 0 spiro atoms. The molecule has 4 rings (SSSR count). The summed E-state index contributed by atoms with van der Waals surface area (Å²) in [5, 5.41) is 0.650. The van der Waals surface area contributed by atoms with E-state index in [0.717, 1.165) is 42.4 Å². The van der Waals surface area contributed by atoms with Crippen molar-refractivity contribution in [3.05, 3.63) is 58.1 Å². The number of nitrogens with one attached hydrogen (secondary N) is 1. The molecule has 2 aromatic rings. The predicted molar refractivity (Wildman–Crippen MR) is 161 cm³/mol. The zero-order valence-corrected chi connectivity index (χ0v) is 25.5. The molecule has 1 aliphatic heterocycles. The number of aryl methyl sites for hydroxylation is 1. The summed E-state index contributed by atoms with van der Waals surface area (Å²) >= 11 is 6.34. The van der Waals surface area contributed by atoms with Crippen molar-refractivity contribution >= 4 is 34.2 Å². The Bertz CT molecular complexity index is 1100. The van der Waals surface area contributed by atoms with Gasteiger partial charge in [-0.15, -0.1) is 0 Å². The molecule has 0 aromatic heterocycles. The zero-order valence-electron chi connectivity index (χ0n) is 23.9. The number of carbonyl (C=O) groups is 1. The Balaban J connectivity index is 0.00000195. The lowest BCUT2D eigenvalue weighted by Crippen LogP contribution is -2.36. The summed E-state index contributed by atoms with van der Waals surface area (Å²) in [5.41, 5.74) is 4.04. The Morgan fingerprint density at radius 3 is 2.53 bits per heavy atom. The van der Waals surface area contributed by atoms with Crippen molar-refractivity contribution in [2.24, 2.45) is 11.8 Å². The molecule has 3 unspecified atom stereocenters. The summed E-state index contributed by atoms with van der Waals surface area (Å²) in [6, 6.07) is 11.8. The number of amides is 1. The van der Waals surface area contributed by atoms with Gasteiger partial charge in [0.2, 0.25) is 0 Å². The van der Waals surface area contributed by atoms with E-state index in [2.05, 4.69) is 28.7 Å². The molecular formula is C31H45ClN2O3S. The van der Waals surface area contributed by atoms with Crippen LogP contribution >= 0.6 is 11.6 Å². The third-order valence-corrected chi connectivity index (χ3v) is 9.52. The monoisotopic (exact) mass is 560 g/mol. The van der Waals surface area contributed by atoms with Crippen LogP contribution in [0.3, 0.4) is 0 Å². The first-order chi connectivity index (χ1) is 18.3. The maximum absolute atomic E-state index is 13.0. The van der Waals surface area contributed by atoms with Crippen LogP contribution in [0.5, 0.6) is 5.75 Å². The number of benzene rings is 2. The van der Waals surface area contributed by atoms with Gasteiger partial charge >= 0.3 is 0 Å². The summed E-state index contributed by atoms with van der Waals surface area (Å²) in [6.45, 7) is 14.5. The van der Waals surface area contributed by atoms with E-state index in [1.165, 1.54) is 30.4 Å². The Labute approximate surface area is 237 Å². The minimum Gasteiger partial charge on any atom is -0.491 e. The Hall–Kier alpha value is -2.05. The first kappa shape index (κ1) is 30.5. The molecule has 1 heterocycles. The second-order valence-corrected chi connectivity index (χ2v) is 12.6. The second-order valence-electron chi connectivity index (χ2n) is 10.7. The summed E-state index contributed by atoms with van der Waals surface area (Å²) in [4.78, 5) is 15.4. The van der Waals surface area contributed by atoms with Gasteiger partial charge in [0, 0.05) is 29.6 Å². The molecule has 0 bridgehead atoms. The van der Waals surface area contributed by atoms with Crippen LogP contribution in [0.4, 0.5) is 5.69 Å². The van der Waals surface area contributed by atoms with Crippen LogP contribution in [0.25, 0.3) is 0 Å². The third-order valence-electron chi connectivity index (χ3n) is 7.68. The highest BCUT2D eigenvalue weighted by atomic mass is 35.5. The number of hydrogen-bond donors (Lipinski definition) is 1. The zero-order chi connectivity index (χ0) is 27.8. The minimum atomic E-state index is -1.43. The first-order valence-electron chi connectivity index (χ1n) is 14.3. The Morgan fingerprint density at radius 2 is 1.89 bits per heavy atom. The number of anilines is 1. The van der Waals surface area contributed by atoms with Crippen molar-refractivity contribution < 1.29 is 13.7 Å². The van der Waals surface area contributed by atoms with E-state index in [9.17, 15) is 9.00 Å². The molecule has 0 saturated heterocycles. The van der Waals surface area contributed by atoms with Crippen LogP contribution in [0.15, 0.2) is 36.4 Å². The molecule has 1 saturated carbocycles. The van der Waals surface area contributed by atoms with Crippen LogP contribution < -0.4 is 14.4 Å². The van der Waals surface area contributed by atoms with Gasteiger partial charge in [-0.2, -0.15) is 0 Å². The van der Waals surface area contributed by atoms with Gasteiger partial charge < -0.3 is 9.64 Å². The van der Waals surface area contributed by atoms with Crippen molar-refractivity contribution in [3.8, 4) is 5.75 Å². The van der Waals surface area contributed by atoms with Gasteiger partial charge in [0.25, 0.3) is 5.91 Å². The molecule has 1 N–H and O–H groups in total. The van der Waals surface area contributed by atoms with E-state index in [4.69, 9.17) is 16.3 Å². The van der Waals surface area contributed by atoms with Crippen LogP contribution in [-0.2, 0) is 17.4 Å². The summed E-state index contributed by atoms with van der Waals surface area (Å²) in [5.74, 6) is 1.57. The second kappa shape index (κ2) is 14.4. The molecule has 5 nitrogen and oxygen atoms in total. The molecule has 210 valence electrons. The molecule has 1 fully saturated rings. The molecule has 0 radical (unpaired) electrons. The highest BCUT2D eigenvalue weighted by Gasteiger charge is 2.30. The van der Waals surface area contributed by atoms with Crippen molar-refractivity contribution in [2.75, 3.05) is 24.6 Å². The van der Waals surface area contributed by atoms with E-state index in [1.54, 1.807) is 6.07 Å². The molecule has 7 heteroatoms. The number of rotatable bonds is 9. The van der Waals surface area contributed by atoms with Gasteiger partial charge in [-0.3, -0.25) is 9.52 Å². The summed E-state index contributed by atoms with van der Waals surface area (Å²) < 4.78 is 21.7. The lowest BCUT2D eigenvalue weighted by molar-refractivity contribution is 0.0982. The van der Waals surface area contributed by atoms with Gasteiger partial charge in [0.05, 0.1) is 17.5 Å². The summed E-state index contributed by atoms with van der Waals surface area (Å²) in [7, 11) is -1.43. The predicted octanol–water partition coefficient (Wildman–Crippen LogP) is 7.54. The summed E-state index contributed by atoms with van der Waals surface area (Å²) in [6.07, 6.45) is 5.81. The molecular weight excluding hydrogens is 516 g/mol. The quantitative estimate of drug-likeness (QED) is 0.344. The van der Waals surface area contributed by atoms with E-state index in [1.807, 2.05) is 52.8 Å². The van der Waals surface area contributed by atoms with Crippen LogP contribution in [0.2, 0.25) is 5.02 Å². The standard InChI is InChI=1S/C29H39ClN2O3S.C2H6/c1-5-7-22-14-25(30)11-12-26(22)24-17-32(16-21-8-6-9-21)27-15-23(10-13-28(27)35-18-24)29(33)31-36(34)20(4)19(2)3;1-2/h10-15,19-21,24H,5-9,16-18H2,1-4H3,(H,31,33);1-2H3. The normalized spacial score (nSPS) is 18.7. The number of carbonyl (C=O) groups excluding carboxylic acids is 1. The molecule has 1 amide bonds. The molecule has 1 aliphatic carbocycles. The van der Waals surface area contributed by atoms with Crippen LogP contribution in [0, 0.1) is 11.8 Å². The number of hydrogen-bond acceptors (Lipinski definition) is 4. The average Bonchev–Trinajstić information content (AvgIpc) is 3.06. The average molecular weight is 561 g/mol. The largest absolute Gasteiger partial charge is 0.491 e. The number of fused-ring (bicyclic) bond motifs is 1. The van der Waals surface area contributed by atoms with Crippen molar-refractivity contribution in [1.29, 1.82) is 0 Å². The van der Waals surface area contributed by atoms with Crippen LogP contribution in [-0.4, -0.2) is 35.1 Å². The van der Waals surface area contributed by atoms with Crippen molar-refractivity contribution in [1.82, 2.24) is 4.72 Å². The number of ether oxygens (including phenoxy) is 1. The number of halogens is 1. The molecule has 3 atom stereocenters. The fraction of sp³-hybridized carbons (Fsp3) is 0.581. The van der Waals surface area contributed by atoms with E-state index >= 15 is 0 Å². The molecule has 2 aliphatic rings. The lowest BCUT2D eigenvalue weighted by atomic mass is 9.84. The van der Waals surface area contributed by atoms with Gasteiger partial charge in [-0.05, 0) is 79.5 Å². The van der Waals surface area contributed by atoms with Crippen molar-refractivity contribution in [2.45, 2.75) is 84.8 Å². The van der Waals surface area contributed by atoms with E-state index in [0.29, 0.717) is 18.1 Å². The number of nitrogens with zero attached hydrogens (tertiary/aromatic N) is 1. The van der Waals surface area contributed by atoms with Gasteiger partial charge in [-0.1, -0.05) is 65.1 Å². The highest BCUT2D eigenvalue weighted by molar-refractivity contribution is 7.84. The first-order valence-corrected chi connectivity index (χ1v) is 15.9. The molecule has 38 heavy (non-hydrogen) atoms. The SMILES string of the molecule is CC.CCCc1cc(Cl)ccc1C1COc2ccc(C(=O)NS(=O)C(C)C(C)C)cc2N(CC2CCC2)C1. The topological polar surface area (TPSA) is 58.6 Å². The van der Waals surface area contributed by atoms with E-state index < -0.39 is 11.0 Å². The molecule has 2 aromatic carbocycles. The smallest absolute Gasteiger partial charge is 0.263 e. The Kier molecular flexibility index (Phi) is 11.5. The Morgan fingerprint density at radius 1 is 1.16 bits per heavy atom. The van der Waals surface area contributed by atoms with Crippen molar-refractivity contribution in [3.63, 3.8) is 0 Å². The van der Waals surface area contributed by atoms with Gasteiger partial charge in [-0.25, -0.2) is 4.21 Å². The fourth-order valence-electron chi connectivity index (χ4n) is 4.93. The fourth-order valence-corrected chi connectivity index (χ4v) is 6.11. The van der Waals surface area contributed by atoms with Gasteiger partial charge in [0.1, 0.15) is 16.7 Å². The maximum Gasteiger partial charge on any atom is 0.263 e.